The SMILES string of the molecule is CN(C(=O)c1csc(I)c1)c1ccc(F)cc1. The van der Waals surface area contributed by atoms with Crippen LogP contribution in [0.1, 0.15) is 10.4 Å². The van der Waals surface area contributed by atoms with Crippen molar-refractivity contribution in [2.45, 2.75) is 0 Å². The van der Waals surface area contributed by atoms with Crippen LogP contribution < -0.4 is 4.90 Å². The van der Waals surface area contributed by atoms with E-state index in [1.165, 1.54) is 28.4 Å². The zero-order valence-corrected chi connectivity index (χ0v) is 12.0. The summed E-state index contributed by atoms with van der Waals surface area (Å²) in [5.74, 6) is -0.393. The molecule has 0 N–H and O–H groups in total. The number of amides is 1. The number of anilines is 1. The maximum atomic E-state index is 12.8. The van der Waals surface area contributed by atoms with Gasteiger partial charge in [-0.25, -0.2) is 4.39 Å². The molecular formula is C12H9FINOS. The average molecular weight is 361 g/mol. The standard InChI is InChI=1S/C12H9FINOS/c1-15(10-4-2-9(13)3-5-10)12(16)8-6-11(14)17-7-8/h2-7H,1H3. The van der Waals surface area contributed by atoms with Crippen LogP contribution >= 0.6 is 33.9 Å². The van der Waals surface area contributed by atoms with Crippen LogP contribution in [0.2, 0.25) is 0 Å². The summed E-state index contributed by atoms with van der Waals surface area (Å²) in [5.41, 5.74) is 1.34. The predicted molar refractivity (Wildman–Crippen MR) is 76.2 cm³/mol. The first-order chi connectivity index (χ1) is 8.08. The number of hydrogen-bond donors (Lipinski definition) is 0. The normalized spacial score (nSPS) is 10.3. The third-order valence-electron chi connectivity index (χ3n) is 2.33. The fourth-order valence-corrected chi connectivity index (χ4v) is 2.72. The van der Waals surface area contributed by atoms with Gasteiger partial charge in [0.1, 0.15) is 5.82 Å². The molecule has 0 fully saturated rings. The largest absolute Gasteiger partial charge is 0.311 e. The van der Waals surface area contributed by atoms with Gasteiger partial charge in [-0.05, 0) is 52.9 Å². The maximum Gasteiger partial charge on any atom is 0.258 e. The zero-order chi connectivity index (χ0) is 12.4. The molecule has 2 nitrogen and oxygen atoms in total. The molecule has 1 amide bonds. The lowest BCUT2D eigenvalue weighted by Crippen LogP contribution is -2.25. The Morgan fingerprint density at radius 3 is 2.53 bits per heavy atom. The molecule has 0 saturated carbocycles. The van der Waals surface area contributed by atoms with Gasteiger partial charge >= 0.3 is 0 Å². The van der Waals surface area contributed by atoms with Crippen LogP contribution in [-0.4, -0.2) is 13.0 Å². The number of halogens is 2. The summed E-state index contributed by atoms with van der Waals surface area (Å²) in [7, 11) is 1.68. The van der Waals surface area contributed by atoms with E-state index < -0.39 is 0 Å². The molecular weight excluding hydrogens is 352 g/mol. The van der Waals surface area contributed by atoms with Crippen molar-refractivity contribution in [2.24, 2.45) is 0 Å². The topological polar surface area (TPSA) is 20.3 Å². The quantitative estimate of drug-likeness (QED) is 0.746. The molecule has 1 aromatic heterocycles. The van der Waals surface area contributed by atoms with Gasteiger partial charge in [-0.2, -0.15) is 0 Å². The molecule has 0 spiro atoms. The Morgan fingerprint density at radius 1 is 1.35 bits per heavy atom. The average Bonchev–Trinajstić information content (AvgIpc) is 2.75. The highest BCUT2D eigenvalue weighted by molar-refractivity contribution is 14.1. The molecule has 2 rings (SSSR count). The predicted octanol–water partition coefficient (Wildman–Crippen LogP) is 3.77. The van der Waals surface area contributed by atoms with E-state index in [0.717, 1.165) is 2.88 Å². The highest BCUT2D eigenvalue weighted by Gasteiger charge is 2.14. The first kappa shape index (κ1) is 12.5. The molecule has 0 radical (unpaired) electrons. The summed E-state index contributed by atoms with van der Waals surface area (Å²) in [4.78, 5) is 13.6. The van der Waals surface area contributed by atoms with Crippen molar-refractivity contribution in [2.75, 3.05) is 11.9 Å². The lowest BCUT2D eigenvalue weighted by Gasteiger charge is -2.16. The van der Waals surface area contributed by atoms with E-state index in [4.69, 9.17) is 0 Å². The fraction of sp³-hybridized carbons (Fsp3) is 0.0833. The Kier molecular flexibility index (Phi) is 3.78. The van der Waals surface area contributed by atoms with Gasteiger partial charge in [0.25, 0.3) is 5.91 Å². The van der Waals surface area contributed by atoms with Crippen molar-refractivity contribution in [1.82, 2.24) is 0 Å². The Labute approximate surface area is 116 Å². The fourth-order valence-electron chi connectivity index (χ4n) is 1.40. The van der Waals surface area contributed by atoms with Gasteiger partial charge < -0.3 is 4.90 Å². The van der Waals surface area contributed by atoms with Gasteiger partial charge in [0.05, 0.1) is 8.45 Å². The molecule has 0 bridgehead atoms. The monoisotopic (exact) mass is 361 g/mol. The van der Waals surface area contributed by atoms with E-state index >= 15 is 0 Å². The molecule has 0 aliphatic heterocycles. The molecule has 0 aliphatic carbocycles. The number of benzene rings is 1. The van der Waals surface area contributed by atoms with Crippen molar-refractivity contribution >= 4 is 45.5 Å². The molecule has 1 heterocycles. The highest BCUT2D eigenvalue weighted by Crippen LogP contribution is 2.20. The molecule has 2 aromatic rings. The van der Waals surface area contributed by atoms with Crippen molar-refractivity contribution < 1.29 is 9.18 Å². The maximum absolute atomic E-state index is 12.8. The second kappa shape index (κ2) is 5.14. The van der Waals surface area contributed by atoms with E-state index in [0.29, 0.717) is 11.3 Å². The second-order valence-electron chi connectivity index (χ2n) is 3.48. The minimum Gasteiger partial charge on any atom is -0.311 e. The molecule has 0 aliphatic rings. The summed E-state index contributed by atoms with van der Waals surface area (Å²) in [6.07, 6.45) is 0. The van der Waals surface area contributed by atoms with Crippen LogP contribution in [0.15, 0.2) is 35.7 Å². The van der Waals surface area contributed by atoms with Crippen LogP contribution in [0.5, 0.6) is 0 Å². The van der Waals surface area contributed by atoms with E-state index in [1.807, 2.05) is 11.4 Å². The van der Waals surface area contributed by atoms with E-state index in [2.05, 4.69) is 22.6 Å². The number of carbonyl (C=O) groups excluding carboxylic acids is 1. The summed E-state index contributed by atoms with van der Waals surface area (Å²) in [6, 6.07) is 7.70. The van der Waals surface area contributed by atoms with Crippen LogP contribution in [-0.2, 0) is 0 Å². The van der Waals surface area contributed by atoms with Crippen LogP contribution in [0.4, 0.5) is 10.1 Å². The van der Waals surface area contributed by atoms with Gasteiger partial charge in [0.15, 0.2) is 0 Å². The van der Waals surface area contributed by atoms with Gasteiger partial charge in [-0.3, -0.25) is 4.79 Å². The van der Waals surface area contributed by atoms with Gasteiger partial charge in [-0.15, -0.1) is 11.3 Å². The first-order valence-corrected chi connectivity index (χ1v) is 6.81. The number of hydrogen-bond acceptors (Lipinski definition) is 2. The van der Waals surface area contributed by atoms with Crippen molar-refractivity contribution in [1.29, 1.82) is 0 Å². The van der Waals surface area contributed by atoms with Crippen LogP contribution in [0.3, 0.4) is 0 Å². The number of thiophene rings is 1. The van der Waals surface area contributed by atoms with Crippen LogP contribution in [0.25, 0.3) is 0 Å². The Bertz CT molecular complexity index is 538. The van der Waals surface area contributed by atoms with Crippen molar-refractivity contribution in [3.05, 3.63) is 50.0 Å². The molecule has 0 saturated heterocycles. The molecule has 5 heteroatoms. The number of carbonyl (C=O) groups is 1. The number of rotatable bonds is 2. The molecule has 0 unspecified atom stereocenters. The van der Waals surface area contributed by atoms with Gasteiger partial charge in [0.2, 0.25) is 0 Å². The summed E-state index contributed by atoms with van der Waals surface area (Å²) in [6.45, 7) is 0. The van der Waals surface area contributed by atoms with E-state index in [-0.39, 0.29) is 11.7 Å². The lowest BCUT2D eigenvalue weighted by atomic mass is 10.2. The Balaban J connectivity index is 2.23. The highest BCUT2D eigenvalue weighted by atomic mass is 127. The summed E-state index contributed by atoms with van der Waals surface area (Å²) >= 11 is 3.70. The lowest BCUT2D eigenvalue weighted by molar-refractivity contribution is 0.0993. The van der Waals surface area contributed by atoms with E-state index in [1.54, 1.807) is 19.2 Å². The molecule has 1 aromatic carbocycles. The molecule has 17 heavy (non-hydrogen) atoms. The molecule has 0 atom stereocenters. The minimum atomic E-state index is -0.306. The Morgan fingerprint density at radius 2 is 2.00 bits per heavy atom. The second-order valence-corrected chi connectivity index (χ2v) is 6.29. The zero-order valence-electron chi connectivity index (χ0n) is 8.98. The van der Waals surface area contributed by atoms with Crippen molar-refractivity contribution in [3.8, 4) is 0 Å². The summed E-state index contributed by atoms with van der Waals surface area (Å²) < 4.78 is 13.8. The third kappa shape index (κ3) is 2.84. The third-order valence-corrected chi connectivity index (χ3v) is 4.12. The smallest absolute Gasteiger partial charge is 0.258 e. The van der Waals surface area contributed by atoms with Gasteiger partial charge in [-0.1, -0.05) is 0 Å². The summed E-state index contributed by atoms with van der Waals surface area (Å²) in [5, 5.41) is 1.82. The van der Waals surface area contributed by atoms with Crippen LogP contribution in [0, 0.1) is 8.70 Å². The number of nitrogens with zero attached hydrogens (tertiary/aromatic N) is 1. The Hall–Kier alpha value is -0.950. The van der Waals surface area contributed by atoms with Crippen molar-refractivity contribution in [3.63, 3.8) is 0 Å². The molecule has 88 valence electrons. The van der Waals surface area contributed by atoms with Gasteiger partial charge in [0, 0.05) is 18.1 Å². The minimum absolute atomic E-state index is 0.0872. The van der Waals surface area contributed by atoms with E-state index in [9.17, 15) is 9.18 Å². The first-order valence-electron chi connectivity index (χ1n) is 4.85.